The van der Waals surface area contributed by atoms with Crippen LogP contribution in [-0.2, 0) is 28.9 Å². The highest BCUT2D eigenvalue weighted by atomic mass is 16.5. The summed E-state index contributed by atoms with van der Waals surface area (Å²) in [6.07, 6.45) is 9.76. The van der Waals surface area contributed by atoms with Crippen molar-refractivity contribution >= 4 is 5.91 Å². The highest BCUT2D eigenvalue weighted by Gasteiger charge is 2.42. The molecule has 2 bridgehead atoms. The van der Waals surface area contributed by atoms with Crippen LogP contribution in [0, 0.1) is 5.92 Å². The molecule has 3 aliphatic rings. The van der Waals surface area contributed by atoms with E-state index in [1.165, 1.54) is 19.3 Å². The van der Waals surface area contributed by atoms with Gasteiger partial charge in [-0.15, -0.1) is 10.2 Å². The average molecular weight is 332 g/mol. The van der Waals surface area contributed by atoms with E-state index >= 15 is 0 Å². The van der Waals surface area contributed by atoms with Gasteiger partial charge in [0.15, 0.2) is 0 Å². The molecule has 2 fully saturated rings. The summed E-state index contributed by atoms with van der Waals surface area (Å²) in [6.45, 7) is 1.52. The smallest absolute Gasteiger partial charge is 0.226 e. The fourth-order valence-electron chi connectivity index (χ4n) is 4.79. The number of nitrogens with zero attached hydrogens (tertiary/aromatic N) is 4. The standard InChI is InChI=1S/C18H28N4O2/c1-24-10-9-16-19-20-17-11-14-7-8-15(12-21(16)17)22(14)18(23)13-5-3-2-4-6-13/h13-15H,2-12H2,1H3. The van der Waals surface area contributed by atoms with Crippen molar-refractivity contribution in [3.05, 3.63) is 11.6 Å². The third-order valence-corrected chi connectivity index (χ3v) is 6.07. The van der Waals surface area contributed by atoms with E-state index in [2.05, 4.69) is 19.7 Å². The third-order valence-electron chi connectivity index (χ3n) is 6.07. The Morgan fingerprint density at radius 2 is 1.92 bits per heavy atom. The molecule has 6 heteroatoms. The average Bonchev–Trinajstić information content (AvgIpc) is 3.12. The van der Waals surface area contributed by atoms with Crippen LogP contribution >= 0.6 is 0 Å². The van der Waals surface area contributed by atoms with E-state index in [1.54, 1.807) is 7.11 Å². The van der Waals surface area contributed by atoms with Gasteiger partial charge in [-0.05, 0) is 25.7 Å². The Balaban J connectivity index is 1.53. The van der Waals surface area contributed by atoms with Crippen molar-refractivity contribution in [1.29, 1.82) is 0 Å². The molecule has 0 aromatic carbocycles. The van der Waals surface area contributed by atoms with Crippen LogP contribution in [-0.4, -0.2) is 51.4 Å². The van der Waals surface area contributed by atoms with Crippen molar-refractivity contribution in [2.75, 3.05) is 13.7 Å². The molecule has 24 heavy (non-hydrogen) atoms. The monoisotopic (exact) mass is 332 g/mol. The first kappa shape index (κ1) is 16.1. The second kappa shape index (κ2) is 6.82. The Bertz CT molecular complexity index is 594. The SMILES string of the molecule is COCCc1nnc2n1CC1CCC(C2)N1C(=O)C1CCCCC1. The number of carbonyl (C=O) groups excluding carboxylic acids is 1. The fourth-order valence-corrected chi connectivity index (χ4v) is 4.79. The number of ether oxygens (including phenoxy) is 1. The van der Waals surface area contributed by atoms with Crippen molar-refractivity contribution in [2.24, 2.45) is 5.92 Å². The van der Waals surface area contributed by atoms with Gasteiger partial charge in [-0.3, -0.25) is 4.79 Å². The summed E-state index contributed by atoms with van der Waals surface area (Å²) in [6, 6.07) is 0.646. The van der Waals surface area contributed by atoms with E-state index in [1.807, 2.05) is 0 Å². The Kier molecular flexibility index (Phi) is 4.57. The normalized spacial score (nSPS) is 27.1. The van der Waals surface area contributed by atoms with E-state index in [9.17, 15) is 4.79 Å². The molecule has 132 valence electrons. The van der Waals surface area contributed by atoms with Crippen LogP contribution < -0.4 is 0 Å². The zero-order chi connectivity index (χ0) is 16.5. The maximum atomic E-state index is 13.2. The molecular weight excluding hydrogens is 304 g/mol. The van der Waals surface area contributed by atoms with E-state index in [0.29, 0.717) is 24.6 Å². The number of carbonyl (C=O) groups is 1. The third kappa shape index (κ3) is 2.85. The zero-order valence-corrected chi connectivity index (χ0v) is 14.6. The summed E-state index contributed by atoms with van der Waals surface area (Å²) in [4.78, 5) is 15.4. The first-order chi connectivity index (χ1) is 11.8. The predicted octanol–water partition coefficient (Wildman–Crippen LogP) is 1.96. The van der Waals surface area contributed by atoms with Crippen molar-refractivity contribution in [3.8, 4) is 0 Å². The molecule has 1 aliphatic carbocycles. The van der Waals surface area contributed by atoms with Crippen LogP contribution in [0.25, 0.3) is 0 Å². The van der Waals surface area contributed by atoms with E-state index in [0.717, 1.165) is 56.7 Å². The van der Waals surface area contributed by atoms with Gasteiger partial charge in [0.05, 0.1) is 12.6 Å². The predicted molar refractivity (Wildman–Crippen MR) is 89.5 cm³/mol. The maximum Gasteiger partial charge on any atom is 0.226 e. The van der Waals surface area contributed by atoms with Crippen molar-refractivity contribution in [3.63, 3.8) is 0 Å². The Morgan fingerprint density at radius 3 is 2.71 bits per heavy atom. The molecule has 1 aromatic heterocycles. The molecule has 1 saturated carbocycles. The van der Waals surface area contributed by atoms with Crippen LogP contribution in [0.5, 0.6) is 0 Å². The highest BCUT2D eigenvalue weighted by Crippen LogP contribution is 2.35. The summed E-state index contributed by atoms with van der Waals surface area (Å²) in [5.74, 6) is 2.73. The van der Waals surface area contributed by atoms with Gasteiger partial charge in [-0.25, -0.2) is 0 Å². The van der Waals surface area contributed by atoms with Crippen molar-refractivity contribution < 1.29 is 9.53 Å². The van der Waals surface area contributed by atoms with Gasteiger partial charge < -0.3 is 14.2 Å². The summed E-state index contributed by atoms with van der Waals surface area (Å²) >= 11 is 0. The van der Waals surface area contributed by atoms with E-state index in [-0.39, 0.29) is 5.92 Å². The summed E-state index contributed by atoms with van der Waals surface area (Å²) in [5.41, 5.74) is 0. The topological polar surface area (TPSA) is 60.3 Å². The molecule has 0 radical (unpaired) electrons. The van der Waals surface area contributed by atoms with Gasteiger partial charge in [0.1, 0.15) is 11.6 Å². The molecule has 0 spiro atoms. The molecular formula is C18H28N4O2. The zero-order valence-electron chi connectivity index (χ0n) is 14.6. The van der Waals surface area contributed by atoms with E-state index < -0.39 is 0 Å². The van der Waals surface area contributed by atoms with Crippen LogP contribution in [0.1, 0.15) is 56.6 Å². The summed E-state index contributed by atoms with van der Waals surface area (Å²) in [5, 5.41) is 8.78. The number of hydrogen-bond donors (Lipinski definition) is 0. The molecule has 1 saturated heterocycles. The lowest BCUT2D eigenvalue weighted by Crippen LogP contribution is -2.45. The lowest BCUT2D eigenvalue weighted by atomic mass is 9.88. The van der Waals surface area contributed by atoms with E-state index in [4.69, 9.17) is 4.74 Å². The first-order valence-corrected chi connectivity index (χ1v) is 9.50. The van der Waals surface area contributed by atoms with Crippen LogP contribution in [0.4, 0.5) is 0 Å². The minimum atomic E-state index is 0.262. The van der Waals surface area contributed by atoms with Gasteiger partial charge in [0.2, 0.25) is 5.91 Å². The number of aromatic nitrogens is 3. The summed E-state index contributed by atoms with van der Waals surface area (Å²) in [7, 11) is 1.71. The number of amides is 1. The molecule has 2 aliphatic heterocycles. The molecule has 1 aromatic rings. The van der Waals surface area contributed by atoms with Gasteiger partial charge in [-0.2, -0.15) is 0 Å². The molecule has 2 atom stereocenters. The van der Waals surface area contributed by atoms with Crippen molar-refractivity contribution in [2.45, 2.75) is 76.4 Å². The van der Waals surface area contributed by atoms with Gasteiger partial charge in [-0.1, -0.05) is 19.3 Å². The van der Waals surface area contributed by atoms with Gasteiger partial charge >= 0.3 is 0 Å². The van der Waals surface area contributed by atoms with Crippen molar-refractivity contribution in [1.82, 2.24) is 19.7 Å². The molecule has 0 N–H and O–H groups in total. The largest absolute Gasteiger partial charge is 0.384 e. The van der Waals surface area contributed by atoms with Gasteiger partial charge in [0.25, 0.3) is 0 Å². The molecule has 3 heterocycles. The number of rotatable bonds is 4. The second-order valence-electron chi connectivity index (χ2n) is 7.56. The van der Waals surface area contributed by atoms with Crippen LogP contribution in [0.2, 0.25) is 0 Å². The quantitative estimate of drug-likeness (QED) is 0.846. The Labute approximate surface area is 143 Å². The lowest BCUT2D eigenvalue weighted by molar-refractivity contribution is -0.139. The minimum Gasteiger partial charge on any atom is -0.384 e. The lowest BCUT2D eigenvalue weighted by Gasteiger charge is -2.33. The number of methoxy groups -OCH3 is 1. The Morgan fingerprint density at radius 1 is 1.12 bits per heavy atom. The van der Waals surface area contributed by atoms with Gasteiger partial charge in [0, 0.05) is 38.5 Å². The Hall–Kier alpha value is -1.43. The molecule has 1 amide bonds. The molecule has 6 nitrogen and oxygen atoms in total. The highest BCUT2D eigenvalue weighted by molar-refractivity contribution is 5.80. The minimum absolute atomic E-state index is 0.262. The molecule has 2 unspecified atom stereocenters. The maximum absolute atomic E-state index is 13.2. The summed E-state index contributed by atoms with van der Waals surface area (Å²) < 4.78 is 7.45. The molecule has 4 rings (SSSR count). The van der Waals surface area contributed by atoms with Crippen LogP contribution in [0.15, 0.2) is 0 Å². The second-order valence-corrected chi connectivity index (χ2v) is 7.56. The number of fused-ring (bicyclic) bond motifs is 3. The van der Waals surface area contributed by atoms with Crippen LogP contribution in [0.3, 0.4) is 0 Å². The fraction of sp³-hybridized carbons (Fsp3) is 0.833. The number of hydrogen-bond acceptors (Lipinski definition) is 4. The first-order valence-electron chi connectivity index (χ1n) is 9.50.